The highest BCUT2D eigenvalue weighted by atomic mass is 32.2. The van der Waals surface area contributed by atoms with Gasteiger partial charge in [-0.15, -0.1) is 0 Å². The van der Waals surface area contributed by atoms with Crippen LogP contribution in [0.5, 0.6) is 5.75 Å². The number of benzene rings is 1. The number of phenolic OH excluding ortho intramolecular Hbond substituents is 1. The van der Waals surface area contributed by atoms with Crippen molar-refractivity contribution < 1.29 is 10.2 Å². The van der Waals surface area contributed by atoms with Crippen LogP contribution in [-0.4, -0.2) is 21.7 Å². The van der Waals surface area contributed by atoms with Crippen molar-refractivity contribution in [2.45, 2.75) is 18.9 Å². The predicted octanol–water partition coefficient (Wildman–Crippen LogP) is 2.57. The van der Waals surface area contributed by atoms with Crippen LogP contribution in [-0.2, 0) is 0 Å². The normalized spacial score (nSPS) is 20.1. The molecule has 0 saturated carbocycles. The predicted molar refractivity (Wildman–Crippen MR) is 63.1 cm³/mol. The number of aromatic hydroxyl groups is 1. The fourth-order valence-corrected chi connectivity index (χ4v) is 3.17. The summed E-state index contributed by atoms with van der Waals surface area (Å²) in [6.07, 6.45) is 1.58. The third-order valence-corrected chi connectivity index (χ3v) is 4.02. The van der Waals surface area contributed by atoms with Gasteiger partial charge in [0.15, 0.2) is 0 Å². The lowest BCUT2D eigenvalue weighted by molar-refractivity contribution is 0.100. The number of para-hydroxylation sites is 1. The van der Waals surface area contributed by atoms with Crippen molar-refractivity contribution in [1.82, 2.24) is 0 Å². The number of aliphatic hydroxyl groups is 1. The molecule has 1 aromatic rings. The quantitative estimate of drug-likeness (QED) is 0.811. The van der Waals surface area contributed by atoms with Crippen LogP contribution in [0.4, 0.5) is 0 Å². The van der Waals surface area contributed by atoms with Gasteiger partial charge in [0.2, 0.25) is 0 Å². The monoisotopic (exact) mass is 224 g/mol. The van der Waals surface area contributed by atoms with Crippen LogP contribution in [0.1, 0.15) is 24.5 Å². The minimum Gasteiger partial charge on any atom is -0.508 e. The van der Waals surface area contributed by atoms with E-state index in [1.54, 1.807) is 12.1 Å². The number of hydrogen-bond acceptors (Lipinski definition) is 3. The summed E-state index contributed by atoms with van der Waals surface area (Å²) in [5.74, 6) is 2.76. The Morgan fingerprint density at radius 3 is 2.53 bits per heavy atom. The summed E-state index contributed by atoms with van der Waals surface area (Å²) in [6.45, 7) is 0. The van der Waals surface area contributed by atoms with Crippen molar-refractivity contribution >= 4 is 11.8 Å². The average molecular weight is 224 g/mol. The summed E-state index contributed by atoms with van der Waals surface area (Å²) in [4.78, 5) is 0. The SMILES string of the molecule is Oc1ccccc1C(O)C1CCSCC1. The van der Waals surface area contributed by atoms with Crippen molar-refractivity contribution in [3.05, 3.63) is 29.8 Å². The van der Waals surface area contributed by atoms with Crippen LogP contribution in [0.2, 0.25) is 0 Å². The van der Waals surface area contributed by atoms with Crippen molar-refractivity contribution in [2.24, 2.45) is 5.92 Å². The fourth-order valence-electron chi connectivity index (χ4n) is 2.02. The van der Waals surface area contributed by atoms with E-state index in [4.69, 9.17) is 0 Å². The average Bonchev–Trinajstić information content (AvgIpc) is 2.30. The standard InChI is InChI=1S/C12H16O2S/c13-11-4-2-1-3-10(11)12(14)9-5-7-15-8-6-9/h1-4,9,12-14H,5-8H2. The Kier molecular flexibility index (Phi) is 3.54. The van der Waals surface area contributed by atoms with E-state index >= 15 is 0 Å². The number of thioether (sulfide) groups is 1. The number of rotatable bonds is 2. The lowest BCUT2D eigenvalue weighted by Crippen LogP contribution is -2.18. The molecule has 0 aliphatic carbocycles. The molecule has 3 heteroatoms. The van der Waals surface area contributed by atoms with Crippen molar-refractivity contribution in [3.63, 3.8) is 0 Å². The van der Waals surface area contributed by atoms with Gasteiger partial charge in [-0.05, 0) is 36.3 Å². The largest absolute Gasteiger partial charge is 0.508 e. The summed E-state index contributed by atoms with van der Waals surface area (Å²) in [7, 11) is 0. The van der Waals surface area contributed by atoms with Crippen molar-refractivity contribution in [1.29, 1.82) is 0 Å². The number of aliphatic hydroxyl groups excluding tert-OH is 1. The molecule has 1 aliphatic heterocycles. The third kappa shape index (κ3) is 2.47. The van der Waals surface area contributed by atoms with E-state index in [0.29, 0.717) is 11.5 Å². The molecule has 15 heavy (non-hydrogen) atoms. The van der Waals surface area contributed by atoms with Crippen LogP contribution in [0.25, 0.3) is 0 Å². The molecule has 1 atom stereocenters. The maximum Gasteiger partial charge on any atom is 0.121 e. The minimum absolute atomic E-state index is 0.211. The van der Waals surface area contributed by atoms with E-state index < -0.39 is 6.10 Å². The third-order valence-electron chi connectivity index (χ3n) is 2.97. The molecule has 1 aliphatic rings. The molecule has 1 unspecified atom stereocenters. The van der Waals surface area contributed by atoms with Crippen LogP contribution >= 0.6 is 11.8 Å². The molecule has 82 valence electrons. The van der Waals surface area contributed by atoms with Gasteiger partial charge >= 0.3 is 0 Å². The first-order valence-corrected chi connectivity index (χ1v) is 6.48. The Morgan fingerprint density at radius 1 is 1.20 bits per heavy atom. The number of phenols is 1. The highest BCUT2D eigenvalue weighted by Gasteiger charge is 2.24. The molecule has 2 N–H and O–H groups in total. The van der Waals surface area contributed by atoms with Crippen LogP contribution in [0.15, 0.2) is 24.3 Å². The molecule has 0 bridgehead atoms. The fraction of sp³-hybridized carbons (Fsp3) is 0.500. The lowest BCUT2D eigenvalue weighted by Gasteiger charge is -2.26. The Labute approximate surface area is 94.3 Å². The van der Waals surface area contributed by atoms with E-state index in [1.165, 1.54) is 0 Å². The molecular weight excluding hydrogens is 208 g/mol. The van der Waals surface area contributed by atoms with Gasteiger partial charge in [-0.1, -0.05) is 18.2 Å². The highest BCUT2D eigenvalue weighted by Crippen LogP contribution is 2.36. The number of hydrogen-bond donors (Lipinski definition) is 2. The summed E-state index contributed by atoms with van der Waals surface area (Å²) in [5.41, 5.74) is 0.675. The van der Waals surface area contributed by atoms with Gasteiger partial charge in [0.25, 0.3) is 0 Å². The molecular formula is C12H16O2S. The summed E-state index contributed by atoms with van der Waals surface area (Å²) >= 11 is 1.94. The zero-order chi connectivity index (χ0) is 10.7. The van der Waals surface area contributed by atoms with Gasteiger partial charge in [0.1, 0.15) is 5.75 Å². The first-order chi connectivity index (χ1) is 7.29. The maximum absolute atomic E-state index is 10.2. The molecule has 2 rings (SSSR count). The second-order valence-electron chi connectivity index (χ2n) is 3.95. The second kappa shape index (κ2) is 4.90. The first-order valence-electron chi connectivity index (χ1n) is 5.33. The highest BCUT2D eigenvalue weighted by molar-refractivity contribution is 7.99. The first kappa shape index (κ1) is 10.8. The summed E-state index contributed by atoms with van der Waals surface area (Å²) < 4.78 is 0. The molecule has 0 amide bonds. The van der Waals surface area contributed by atoms with Crippen LogP contribution in [0, 0.1) is 5.92 Å². The zero-order valence-electron chi connectivity index (χ0n) is 8.60. The Bertz CT molecular complexity index is 321. The van der Waals surface area contributed by atoms with E-state index in [1.807, 2.05) is 23.9 Å². The Hall–Kier alpha value is -0.670. The Morgan fingerprint density at radius 2 is 1.87 bits per heavy atom. The molecule has 1 heterocycles. The van der Waals surface area contributed by atoms with E-state index in [0.717, 1.165) is 24.3 Å². The van der Waals surface area contributed by atoms with Gasteiger partial charge in [0.05, 0.1) is 6.10 Å². The minimum atomic E-state index is -0.507. The van der Waals surface area contributed by atoms with Gasteiger partial charge in [-0.2, -0.15) is 11.8 Å². The maximum atomic E-state index is 10.2. The van der Waals surface area contributed by atoms with Crippen LogP contribution < -0.4 is 0 Å². The van der Waals surface area contributed by atoms with Crippen LogP contribution in [0.3, 0.4) is 0 Å². The molecule has 1 aromatic carbocycles. The van der Waals surface area contributed by atoms with Gasteiger partial charge in [-0.3, -0.25) is 0 Å². The summed E-state index contributed by atoms with van der Waals surface area (Å²) in [6, 6.07) is 7.08. The van der Waals surface area contributed by atoms with E-state index in [-0.39, 0.29) is 5.75 Å². The topological polar surface area (TPSA) is 40.5 Å². The molecule has 1 fully saturated rings. The lowest BCUT2D eigenvalue weighted by atomic mass is 9.90. The molecule has 1 saturated heterocycles. The van der Waals surface area contributed by atoms with Crippen molar-refractivity contribution in [2.75, 3.05) is 11.5 Å². The zero-order valence-corrected chi connectivity index (χ0v) is 9.41. The van der Waals surface area contributed by atoms with Gasteiger partial charge in [0, 0.05) is 5.56 Å². The Balaban J connectivity index is 2.12. The molecule has 0 spiro atoms. The van der Waals surface area contributed by atoms with E-state index in [2.05, 4.69) is 0 Å². The smallest absolute Gasteiger partial charge is 0.121 e. The summed E-state index contributed by atoms with van der Waals surface area (Å²) in [5, 5.41) is 19.8. The molecule has 0 radical (unpaired) electrons. The second-order valence-corrected chi connectivity index (χ2v) is 5.18. The van der Waals surface area contributed by atoms with Crippen molar-refractivity contribution in [3.8, 4) is 5.75 Å². The van der Waals surface area contributed by atoms with Gasteiger partial charge < -0.3 is 10.2 Å². The van der Waals surface area contributed by atoms with E-state index in [9.17, 15) is 10.2 Å². The van der Waals surface area contributed by atoms with Gasteiger partial charge in [-0.25, -0.2) is 0 Å². The molecule has 0 aromatic heterocycles. The molecule has 2 nitrogen and oxygen atoms in total.